The van der Waals surface area contributed by atoms with E-state index in [0.717, 1.165) is 18.6 Å². The molecule has 20 heavy (non-hydrogen) atoms. The monoisotopic (exact) mass is 274 g/mol. The van der Waals surface area contributed by atoms with Crippen LogP contribution in [0.25, 0.3) is 0 Å². The molecule has 110 valence electrons. The molecule has 1 aromatic rings. The molecule has 0 amide bonds. The number of hydrogen-bond acceptors (Lipinski definition) is 2. The maximum atomic E-state index is 9.93. The lowest BCUT2D eigenvalue weighted by Gasteiger charge is -2.55. The second-order valence-corrected chi connectivity index (χ2v) is 7.20. The van der Waals surface area contributed by atoms with Crippen molar-refractivity contribution >= 4 is 0 Å². The molecule has 3 atom stereocenters. The fourth-order valence-electron chi connectivity index (χ4n) is 4.89. The molecule has 0 aromatic heterocycles. The van der Waals surface area contributed by atoms with Gasteiger partial charge in [0.15, 0.2) is 0 Å². The number of methoxy groups -OCH3 is 1. The Balaban J connectivity index is 2.09. The van der Waals surface area contributed by atoms with Crippen molar-refractivity contribution in [2.75, 3.05) is 13.7 Å². The predicted octanol–water partition coefficient (Wildman–Crippen LogP) is 3.70. The van der Waals surface area contributed by atoms with E-state index in [4.69, 9.17) is 4.74 Å². The van der Waals surface area contributed by atoms with Crippen molar-refractivity contribution in [3.05, 3.63) is 29.3 Å². The molecule has 1 aromatic carbocycles. The van der Waals surface area contributed by atoms with Gasteiger partial charge < -0.3 is 9.84 Å². The third kappa shape index (κ3) is 1.88. The molecule has 0 aliphatic heterocycles. The highest BCUT2D eigenvalue weighted by Crippen LogP contribution is 2.57. The molecule has 2 heteroatoms. The number of aliphatic hydroxyl groups excluding tert-OH is 1. The summed E-state index contributed by atoms with van der Waals surface area (Å²) >= 11 is 0. The topological polar surface area (TPSA) is 29.5 Å². The molecule has 1 unspecified atom stereocenters. The van der Waals surface area contributed by atoms with Crippen LogP contribution in [0.5, 0.6) is 5.75 Å². The van der Waals surface area contributed by atoms with Gasteiger partial charge in [-0.1, -0.05) is 26.3 Å². The summed E-state index contributed by atoms with van der Waals surface area (Å²) < 4.78 is 5.43. The van der Waals surface area contributed by atoms with Gasteiger partial charge in [0.2, 0.25) is 0 Å². The molecule has 3 rings (SSSR count). The molecule has 0 saturated heterocycles. The minimum atomic E-state index is 0.0771. The lowest BCUT2D eigenvalue weighted by molar-refractivity contribution is -0.0179. The summed E-state index contributed by atoms with van der Waals surface area (Å²) in [5.74, 6) is 1.54. The molecule has 0 radical (unpaired) electrons. The molecule has 2 aliphatic rings. The van der Waals surface area contributed by atoms with E-state index in [-0.39, 0.29) is 10.8 Å². The summed E-state index contributed by atoms with van der Waals surface area (Å²) in [6.07, 6.45) is 5.93. The molecule has 0 bridgehead atoms. The third-order valence-corrected chi connectivity index (χ3v) is 6.05. The zero-order valence-corrected chi connectivity index (χ0v) is 12.9. The normalized spacial score (nSPS) is 36.1. The van der Waals surface area contributed by atoms with Crippen LogP contribution in [0.2, 0.25) is 0 Å². The van der Waals surface area contributed by atoms with Gasteiger partial charge in [0.05, 0.1) is 7.11 Å². The van der Waals surface area contributed by atoms with Crippen molar-refractivity contribution in [1.29, 1.82) is 0 Å². The maximum absolute atomic E-state index is 9.93. The first-order valence-corrected chi connectivity index (χ1v) is 7.82. The first kappa shape index (κ1) is 13.9. The summed E-state index contributed by atoms with van der Waals surface area (Å²) in [7, 11) is 1.74. The lowest BCUT2D eigenvalue weighted by Crippen LogP contribution is -2.50. The van der Waals surface area contributed by atoms with Gasteiger partial charge in [0, 0.05) is 6.61 Å². The van der Waals surface area contributed by atoms with Gasteiger partial charge in [-0.25, -0.2) is 0 Å². The number of hydrogen-bond donors (Lipinski definition) is 1. The van der Waals surface area contributed by atoms with Crippen LogP contribution in [0.15, 0.2) is 18.2 Å². The van der Waals surface area contributed by atoms with Crippen molar-refractivity contribution in [3.63, 3.8) is 0 Å². The van der Waals surface area contributed by atoms with E-state index in [9.17, 15) is 5.11 Å². The number of ether oxygens (including phenoxy) is 1. The molecule has 0 heterocycles. The smallest absolute Gasteiger partial charge is 0.119 e. The van der Waals surface area contributed by atoms with Crippen LogP contribution in [-0.4, -0.2) is 18.8 Å². The van der Waals surface area contributed by atoms with E-state index in [1.807, 2.05) is 0 Å². The first-order chi connectivity index (χ1) is 9.53. The van der Waals surface area contributed by atoms with Crippen molar-refractivity contribution in [2.24, 2.45) is 11.3 Å². The Morgan fingerprint density at radius 3 is 2.80 bits per heavy atom. The molecule has 2 aliphatic carbocycles. The van der Waals surface area contributed by atoms with E-state index in [1.54, 1.807) is 7.11 Å². The van der Waals surface area contributed by atoms with Crippen molar-refractivity contribution < 1.29 is 9.84 Å². The highest BCUT2D eigenvalue weighted by Gasteiger charge is 2.51. The predicted molar refractivity (Wildman–Crippen MR) is 81.2 cm³/mol. The quantitative estimate of drug-likeness (QED) is 0.891. The highest BCUT2D eigenvalue weighted by molar-refractivity contribution is 5.43. The lowest BCUT2D eigenvalue weighted by atomic mass is 9.50. The van der Waals surface area contributed by atoms with Gasteiger partial charge >= 0.3 is 0 Å². The van der Waals surface area contributed by atoms with Crippen LogP contribution >= 0.6 is 0 Å². The Hall–Kier alpha value is -1.02. The summed E-state index contributed by atoms with van der Waals surface area (Å²) in [6, 6.07) is 6.56. The van der Waals surface area contributed by atoms with Crippen LogP contribution in [0, 0.1) is 11.3 Å². The maximum Gasteiger partial charge on any atom is 0.119 e. The van der Waals surface area contributed by atoms with Gasteiger partial charge in [-0.05, 0) is 65.7 Å². The fraction of sp³-hybridized carbons (Fsp3) is 0.667. The minimum Gasteiger partial charge on any atom is -0.497 e. The second-order valence-electron chi connectivity index (χ2n) is 7.20. The third-order valence-electron chi connectivity index (χ3n) is 6.05. The fourth-order valence-corrected chi connectivity index (χ4v) is 4.89. The molecular formula is C18H26O2. The number of aliphatic hydroxyl groups is 1. The van der Waals surface area contributed by atoms with E-state index < -0.39 is 0 Å². The van der Waals surface area contributed by atoms with Crippen LogP contribution in [0.1, 0.15) is 50.7 Å². The summed E-state index contributed by atoms with van der Waals surface area (Å²) in [6.45, 7) is 5.00. The number of rotatable bonds is 2. The first-order valence-electron chi connectivity index (χ1n) is 7.82. The summed E-state index contributed by atoms with van der Waals surface area (Å²) in [5, 5.41) is 9.93. The van der Waals surface area contributed by atoms with Crippen LogP contribution in [0.4, 0.5) is 0 Å². The molecule has 1 fully saturated rings. The minimum absolute atomic E-state index is 0.0771. The average Bonchev–Trinajstić information content (AvgIpc) is 2.46. The van der Waals surface area contributed by atoms with E-state index in [2.05, 4.69) is 32.0 Å². The Morgan fingerprint density at radius 2 is 2.10 bits per heavy atom. The van der Waals surface area contributed by atoms with Crippen LogP contribution in [-0.2, 0) is 11.8 Å². The van der Waals surface area contributed by atoms with Gasteiger partial charge in [-0.3, -0.25) is 0 Å². The Bertz CT molecular complexity index is 510. The number of aryl methyl sites for hydroxylation is 1. The number of fused-ring (bicyclic) bond motifs is 3. The van der Waals surface area contributed by atoms with Crippen molar-refractivity contribution in [2.45, 2.75) is 51.4 Å². The molecule has 0 spiro atoms. The molecule has 1 N–H and O–H groups in total. The number of benzene rings is 1. The second kappa shape index (κ2) is 4.77. The largest absolute Gasteiger partial charge is 0.497 e. The van der Waals surface area contributed by atoms with Crippen LogP contribution in [0.3, 0.4) is 0 Å². The van der Waals surface area contributed by atoms with Gasteiger partial charge in [-0.2, -0.15) is 0 Å². The van der Waals surface area contributed by atoms with Crippen LogP contribution < -0.4 is 4.74 Å². The van der Waals surface area contributed by atoms with Crippen molar-refractivity contribution in [1.82, 2.24) is 0 Å². The summed E-state index contributed by atoms with van der Waals surface area (Å²) in [4.78, 5) is 0. The van der Waals surface area contributed by atoms with Crippen molar-refractivity contribution in [3.8, 4) is 5.75 Å². The SMILES string of the molecule is COc1ccc2c(c1)[C@]1(C)CCC[C@@](C)(CO)C1CC2. The Labute approximate surface area is 122 Å². The van der Waals surface area contributed by atoms with Gasteiger partial charge in [0.25, 0.3) is 0 Å². The molecule has 2 nitrogen and oxygen atoms in total. The summed E-state index contributed by atoms with van der Waals surface area (Å²) in [5.41, 5.74) is 3.21. The Kier molecular flexibility index (Phi) is 3.32. The van der Waals surface area contributed by atoms with E-state index in [0.29, 0.717) is 12.5 Å². The van der Waals surface area contributed by atoms with E-state index in [1.165, 1.54) is 30.4 Å². The van der Waals surface area contributed by atoms with E-state index >= 15 is 0 Å². The van der Waals surface area contributed by atoms with Gasteiger partial charge in [0.1, 0.15) is 5.75 Å². The molecular weight excluding hydrogens is 248 g/mol. The highest BCUT2D eigenvalue weighted by atomic mass is 16.5. The average molecular weight is 274 g/mol. The molecule has 1 saturated carbocycles. The zero-order chi connectivity index (χ0) is 14.4. The van der Waals surface area contributed by atoms with Gasteiger partial charge in [-0.15, -0.1) is 0 Å². The zero-order valence-electron chi connectivity index (χ0n) is 12.9. The Morgan fingerprint density at radius 1 is 1.30 bits per heavy atom. The standard InChI is InChI=1S/C18H26O2/c1-17(12-19)9-4-10-18(2)15-11-14(20-3)7-5-13(15)6-8-16(17)18/h5,7,11,16,19H,4,6,8-10,12H2,1-3H3/t16?,17-,18-/m0/s1.